The molecule has 1 fully saturated rings. The van der Waals surface area contributed by atoms with E-state index in [0.717, 1.165) is 5.56 Å². The Balaban J connectivity index is 1.53. The van der Waals surface area contributed by atoms with Crippen LogP contribution in [0.5, 0.6) is 0 Å². The van der Waals surface area contributed by atoms with E-state index < -0.39 is 0 Å². The molecule has 0 aromatic heterocycles. The molecule has 0 unspecified atom stereocenters. The highest BCUT2D eigenvalue weighted by Gasteiger charge is 2.28. The number of likely N-dealkylation sites (tertiary alicyclic amines) is 1. The zero-order chi connectivity index (χ0) is 18.5. The molecule has 1 aliphatic rings. The van der Waals surface area contributed by atoms with E-state index in [1.165, 1.54) is 11.0 Å². The molecule has 26 heavy (non-hydrogen) atoms. The number of carbonyl (C=O) groups is 3. The monoisotopic (exact) mass is 354 g/mol. The molecule has 1 heterocycles. The molecule has 0 saturated carbocycles. The SMILES string of the molecule is O=C(NCCc1ccccc1F)c1ccc(CN2C(=O)CCC2=O)cc1. The first-order valence-electron chi connectivity index (χ1n) is 8.48. The van der Waals surface area contributed by atoms with Gasteiger partial charge in [-0.3, -0.25) is 19.3 Å². The molecule has 2 aromatic rings. The third-order valence-corrected chi connectivity index (χ3v) is 4.35. The van der Waals surface area contributed by atoms with Crippen molar-refractivity contribution in [1.82, 2.24) is 10.2 Å². The predicted octanol–water partition coefficient (Wildman–Crippen LogP) is 2.45. The van der Waals surface area contributed by atoms with Crippen molar-refractivity contribution in [3.63, 3.8) is 0 Å². The van der Waals surface area contributed by atoms with Crippen LogP contribution < -0.4 is 5.32 Å². The fraction of sp³-hybridized carbons (Fsp3) is 0.250. The molecule has 3 amide bonds. The van der Waals surface area contributed by atoms with E-state index in [4.69, 9.17) is 0 Å². The Morgan fingerprint density at radius 2 is 1.65 bits per heavy atom. The van der Waals surface area contributed by atoms with Gasteiger partial charge in [-0.1, -0.05) is 30.3 Å². The largest absolute Gasteiger partial charge is 0.352 e. The average molecular weight is 354 g/mol. The fourth-order valence-corrected chi connectivity index (χ4v) is 2.86. The maximum atomic E-state index is 13.5. The van der Waals surface area contributed by atoms with E-state index in [0.29, 0.717) is 24.1 Å². The first kappa shape index (κ1) is 17.8. The van der Waals surface area contributed by atoms with Gasteiger partial charge in [-0.25, -0.2) is 4.39 Å². The van der Waals surface area contributed by atoms with Gasteiger partial charge >= 0.3 is 0 Å². The highest BCUT2D eigenvalue weighted by Crippen LogP contribution is 2.16. The molecule has 134 valence electrons. The van der Waals surface area contributed by atoms with Crippen LogP contribution >= 0.6 is 0 Å². The molecule has 0 spiro atoms. The molecular formula is C20H19FN2O3. The predicted molar refractivity (Wildman–Crippen MR) is 93.7 cm³/mol. The number of imide groups is 1. The molecular weight excluding hydrogens is 335 g/mol. The molecule has 0 aliphatic carbocycles. The molecule has 1 aliphatic heterocycles. The van der Waals surface area contributed by atoms with Gasteiger partial charge < -0.3 is 5.32 Å². The molecule has 2 aromatic carbocycles. The maximum Gasteiger partial charge on any atom is 0.251 e. The van der Waals surface area contributed by atoms with Crippen LogP contribution in [-0.2, 0) is 22.6 Å². The Morgan fingerprint density at radius 3 is 2.31 bits per heavy atom. The van der Waals surface area contributed by atoms with Crippen molar-refractivity contribution >= 4 is 17.7 Å². The second kappa shape index (κ2) is 7.91. The number of hydrogen-bond acceptors (Lipinski definition) is 3. The van der Waals surface area contributed by atoms with Gasteiger partial charge in [0.2, 0.25) is 11.8 Å². The summed E-state index contributed by atoms with van der Waals surface area (Å²) in [5, 5.41) is 2.76. The van der Waals surface area contributed by atoms with Crippen LogP contribution in [0.3, 0.4) is 0 Å². The molecule has 0 atom stereocenters. The van der Waals surface area contributed by atoms with E-state index in [1.54, 1.807) is 42.5 Å². The van der Waals surface area contributed by atoms with Crippen LogP contribution in [0.15, 0.2) is 48.5 Å². The van der Waals surface area contributed by atoms with Crippen LogP contribution in [0.1, 0.15) is 34.3 Å². The summed E-state index contributed by atoms with van der Waals surface area (Å²) in [6, 6.07) is 13.2. The summed E-state index contributed by atoms with van der Waals surface area (Å²) in [4.78, 5) is 36.7. The van der Waals surface area contributed by atoms with Crippen molar-refractivity contribution < 1.29 is 18.8 Å². The average Bonchev–Trinajstić information content (AvgIpc) is 2.96. The Labute approximate surface area is 150 Å². The van der Waals surface area contributed by atoms with Crippen molar-refractivity contribution in [2.75, 3.05) is 6.54 Å². The first-order valence-corrected chi connectivity index (χ1v) is 8.48. The van der Waals surface area contributed by atoms with E-state index >= 15 is 0 Å². The quantitative estimate of drug-likeness (QED) is 0.811. The Kier molecular flexibility index (Phi) is 5.41. The van der Waals surface area contributed by atoms with Crippen LogP contribution in [-0.4, -0.2) is 29.2 Å². The first-order chi connectivity index (χ1) is 12.5. The number of benzene rings is 2. The Hall–Kier alpha value is -3.02. The van der Waals surface area contributed by atoms with Gasteiger partial charge in [0.1, 0.15) is 5.82 Å². The van der Waals surface area contributed by atoms with Crippen LogP contribution in [0.25, 0.3) is 0 Å². The highest BCUT2D eigenvalue weighted by atomic mass is 19.1. The van der Waals surface area contributed by atoms with E-state index in [1.807, 2.05) is 0 Å². The fourth-order valence-electron chi connectivity index (χ4n) is 2.86. The molecule has 5 nitrogen and oxygen atoms in total. The summed E-state index contributed by atoms with van der Waals surface area (Å²) in [5.41, 5.74) is 1.82. The second-order valence-corrected chi connectivity index (χ2v) is 6.17. The van der Waals surface area contributed by atoms with Gasteiger partial charge in [0.25, 0.3) is 5.91 Å². The van der Waals surface area contributed by atoms with Crippen molar-refractivity contribution in [1.29, 1.82) is 0 Å². The standard InChI is InChI=1S/C20H19FN2O3/c21-17-4-2-1-3-15(17)11-12-22-20(26)16-7-5-14(6-8-16)13-23-18(24)9-10-19(23)25/h1-8H,9-13H2,(H,22,26). The minimum absolute atomic E-state index is 0.162. The van der Waals surface area contributed by atoms with Crippen LogP contribution in [0.2, 0.25) is 0 Å². The molecule has 1 N–H and O–H groups in total. The third-order valence-electron chi connectivity index (χ3n) is 4.35. The summed E-state index contributed by atoms with van der Waals surface area (Å²) in [6.07, 6.45) is 0.943. The number of nitrogens with zero attached hydrogens (tertiary/aromatic N) is 1. The molecule has 0 radical (unpaired) electrons. The van der Waals surface area contributed by atoms with E-state index in [-0.39, 0.29) is 42.9 Å². The summed E-state index contributed by atoms with van der Waals surface area (Å²) < 4.78 is 13.5. The van der Waals surface area contributed by atoms with Crippen molar-refractivity contribution in [2.45, 2.75) is 25.8 Å². The smallest absolute Gasteiger partial charge is 0.251 e. The summed E-state index contributed by atoms with van der Waals surface area (Å²) >= 11 is 0. The summed E-state index contributed by atoms with van der Waals surface area (Å²) in [6.45, 7) is 0.561. The van der Waals surface area contributed by atoms with Gasteiger partial charge in [-0.15, -0.1) is 0 Å². The van der Waals surface area contributed by atoms with Gasteiger partial charge in [-0.2, -0.15) is 0 Å². The lowest BCUT2D eigenvalue weighted by molar-refractivity contribution is -0.139. The zero-order valence-corrected chi connectivity index (χ0v) is 14.2. The summed E-state index contributed by atoms with van der Waals surface area (Å²) in [5.74, 6) is -0.853. The number of carbonyl (C=O) groups excluding carboxylic acids is 3. The zero-order valence-electron chi connectivity index (χ0n) is 14.2. The molecule has 6 heteroatoms. The summed E-state index contributed by atoms with van der Waals surface area (Å²) in [7, 11) is 0. The number of hydrogen-bond donors (Lipinski definition) is 1. The van der Waals surface area contributed by atoms with Crippen LogP contribution in [0.4, 0.5) is 4.39 Å². The van der Waals surface area contributed by atoms with Crippen LogP contribution in [0, 0.1) is 5.82 Å². The van der Waals surface area contributed by atoms with Crippen molar-refractivity contribution in [3.05, 3.63) is 71.0 Å². The molecule has 1 saturated heterocycles. The normalized spacial score (nSPS) is 14.0. The lowest BCUT2D eigenvalue weighted by atomic mass is 10.1. The van der Waals surface area contributed by atoms with Gasteiger partial charge in [0, 0.05) is 24.9 Å². The van der Waals surface area contributed by atoms with Crippen molar-refractivity contribution in [3.8, 4) is 0 Å². The lowest BCUT2D eigenvalue weighted by Gasteiger charge is -2.14. The van der Waals surface area contributed by atoms with Gasteiger partial charge in [0.15, 0.2) is 0 Å². The highest BCUT2D eigenvalue weighted by molar-refractivity contribution is 6.01. The van der Waals surface area contributed by atoms with Gasteiger partial charge in [-0.05, 0) is 35.7 Å². The Morgan fingerprint density at radius 1 is 1.00 bits per heavy atom. The lowest BCUT2D eigenvalue weighted by Crippen LogP contribution is -2.28. The molecule has 3 rings (SSSR count). The minimum atomic E-state index is -0.280. The Bertz CT molecular complexity index is 817. The van der Waals surface area contributed by atoms with Crippen molar-refractivity contribution in [2.24, 2.45) is 0 Å². The third kappa shape index (κ3) is 4.14. The number of rotatable bonds is 6. The van der Waals surface area contributed by atoms with Gasteiger partial charge in [0.05, 0.1) is 6.54 Å². The number of nitrogens with one attached hydrogen (secondary N) is 1. The van der Waals surface area contributed by atoms with E-state index in [9.17, 15) is 18.8 Å². The topological polar surface area (TPSA) is 66.5 Å². The minimum Gasteiger partial charge on any atom is -0.352 e. The van der Waals surface area contributed by atoms with E-state index in [2.05, 4.69) is 5.32 Å². The number of halogens is 1. The maximum absolute atomic E-state index is 13.5. The molecule has 0 bridgehead atoms. The second-order valence-electron chi connectivity index (χ2n) is 6.17. The number of amides is 3.